The third kappa shape index (κ3) is 4.46. The fourth-order valence-corrected chi connectivity index (χ4v) is 4.82. The lowest BCUT2D eigenvalue weighted by atomic mass is 9.67. The van der Waals surface area contributed by atoms with Crippen molar-refractivity contribution >= 4 is 6.01 Å². The first-order chi connectivity index (χ1) is 15.7. The van der Waals surface area contributed by atoms with Crippen molar-refractivity contribution < 1.29 is 18.3 Å². The number of aliphatic hydroxyl groups is 1. The number of halogens is 2. The highest BCUT2D eigenvalue weighted by atomic mass is 19.1. The molecule has 0 unspecified atom stereocenters. The summed E-state index contributed by atoms with van der Waals surface area (Å²) < 4.78 is 34.5. The molecule has 0 aliphatic heterocycles. The van der Waals surface area contributed by atoms with Gasteiger partial charge in [-0.3, -0.25) is 0 Å². The third-order valence-electron chi connectivity index (χ3n) is 6.52. The molecule has 1 aliphatic rings. The SMILES string of the molecule is Cc1nnc(N(CCO)C[C@@]2(C)CC[C@H](C(C)C)c3cc(-c4c(F)cccc4F)nnc32)o1. The Labute approximate surface area is 191 Å². The molecular weight excluding hydrogens is 428 g/mol. The summed E-state index contributed by atoms with van der Waals surface area (Å²) in [6.07, 6.45) is 1.72. The molecule has 1 N–H and O–H groups in total. The van der Waals surface area contributed by atoms with Gasteiger partial charge in [-0.25, -0.2) is 8.78 Å². The first-order valence-corrected chi connectivity index (χ1v) is 11.2. The molecule has 4 rings (SSSR count). The normalized spacial score (nSPS) is 20.2. The van der Waals surface area contributed by atoms with E-state index in [1.165, 1.54) is 18.2 Å². The molecule has 0 fully saturated rings. The summed E-state index contributed by atoms with van der Waals surface area (Å²) in [5.74, 6) is -0.370. The van der Waals surface area contributed by atoms with Crippen molar-refractivity contribution in [3.05, 3.63) is 53.0 Å². The van der Waals surface area contributed by atoms with Crippen molar-refractivity contribution in [3.63, 3.8) is 0 Å². The molecule has 0 spiro atoms. The van der Waals surface area contributed by atoms with E-state index in [0.29, 0.717) is 30.9 Å². The minimum atomic E-state index is -0.662. The molecular formula is C24H29F2N5O2. The molecule has 0 radical (unpaired) electrons. The van der Waals surface area contributed by atoms with E-state index < -0.39 is 17.0 Å². The second kappa shape index (κ2) is 9.13. The summed E-state index contributed by atoms with van der Waals surface area (Å²) in [7, 11) is 0. The van der Waals surface area contributed by atoms with Crippen molar-refractivity contribution in [1.29, 1.82) is 0 Å². The zero-order valence-electron chi connectivity index (χ0n) is 19.3. The molecule has 9 heteroatoms. The molecule has 0 amide bonds. The maximum absolute atomic E-state index is 14.5. The van der Waals surface area contributed by atoms with Gasteiger partial charge in [-0.15, -0.1) is 5.10 Å². The molecule has 2 aromatic heterocycles. The Morgan fingerprint density at radius 2 is 1.91 bits per heavy atom. The summed E-state index contributed by atoms with van der Waals surface area (Å²) in [6, 6.07) is 5.92. The summed E-state index contributed by atoms with van der Waals surface area (Å²) in [5.41, 5.74) is 1.35. The predicted molar refractivity (Wildman–Crippen MR) is 120 cm³/mol. The van der Waals surface area contributed by atoms with Crippen LogP contribution in [0.3, 0.4) is 0 Å². The zero-order chi connectivity index (χ0) is 23.8. The largest absolute Gasteiger partial charge is 0.408 e. The molecule has 7 nitrogen and oxygen atoms in total. The van der Waals surface area contributed by atoms with Crippen LogP contribution in [0.5, 0.6) is 0 Å². The van der Waals surface area contributed by atoms with Gasteiger partial charge in [0, 0.05) is 25.4 Å². The average molecular weight is 458 g/mol. The quantitative estimate of drug-likeness (QED) is 0.562. The first-order valence-electron chi connectivity index (χ1n) is 11.2. The lowest BCUT2D eigenvalue weighted by Gasteiger charge is -2.41. The highest BCUT2D eigenvalue weighted by Gasteiger charge is 2.41. The van der Waals surface area contributed by atoms with Gasteiger partial charge in [-0.1, -0.05) is 31.9 Å². The van der Waals surface area contributed by atoms with Crippen LogP contribution in [0.2, 0.25) is 0 Å². The lowest BCUT2D eigenvalue weighted by molar-refractivity contribution is 0.279. The van der Waals surface area contributed by atoms with Gasteiger partial charge >= 0.3 is 6.01 Å². The van der Waals surface area contributed by atoms with Crippen LogP contribution in [0.25, 0.3) is 11.3 Å². The summed E-state index contributed by atoms with van der Waals surface area (Å²) in [5, 5.41) is 26.4. The van der Waals surface area contributed by atoms with E-state index in [1.54, 1.807) is 13.0 Å². The van der Waals surface area contributed by atoms with Gasteiger partial charge in [0.2, 0.25) is 5.89 Å². The third-order valence-corrected chi connectivity index (χ3v) is 6.52. The predicted octanol–water partition coefficient (Wildman–Crippen LogP) is 4.40. The maximum Gasteiger partial charge on any atom is 0.318 e. The molecule has 33 heavy (non-hydrogen) atoms. The topological polar surface area (TPSA) is 88.2 Å². The minimum absolute atomic E-state index is 0.0733. The van der Waals surface area contributed by atoms with Gasteiger partial charge in [0.25, 0.3) is 0 Å². The summed E-state index contributed by atoms with van der Waals surface area (Å²) in [6.45, 7) is 8.82. The number of fused-ring (bicyclic) bond motifs is 1. The van der Waals surface area contributed by atoms with Gasteiger partial charge < -0.3 is 14.4 Å². The Morgan fingerprint density at radius 1 is 1.18 bits per heavy atom. The second-order valence-electron chi connectivity index (χ2n) is 9.33. The van der Waals surface area contributed by atoms with Gasteiger partial charge in [0.1, 0.15) is 11.6 Å². The number of hydrogen-bond acceptors (Lipinski definition) is 7. The molecule has 0 saturated heterocycles. The van der Waals surface area contributed by atoms with Crippen molar-refractivity contribution in [2.45, 2.75) is 51.9 Å². The number of anilines is 1. The fraction of sp³-hybridized carbons (Fsp3) is 0.500. The van der Waals surface area contributed by atoms with Crippen LogP contribution in [0.1, 0.15) is 56.7 Å². The van der Waals surface area contributed by atoms with E-state index in [-0.39, 0.29) is 23.8 Å². The van der Waals surface area contributed by atoms with Crippen LogP contribution >= 0.6 is 0 Å². The number of benzene rings is 1. The number of aromatic nitrogens is 4. The second-order valence-corrected chi connectivity index (χ2v) is 9.33. The van der Waals surface area contributed by atoms with Gasteiger partial charge in [0.15, 0.2) is 0 Å². The maximum atomic E-state index is 14.5. The summed E-state index contributed by atoms with van der Waals surface area (Å²) >= 11 is 0. The van der Waals surface area contributed by atoms with Gasteiger partial charge in [0.05, 0.1) is 23.6 Å². The fourth-order valence-electron chi connectivity index (χ4n) is 4.82. The van der Waals surface area contributed by atoms with E-state index in [2.05, 4.69) is 41.2 Å². The molecule has 3 aromatic rings. The molecule has 0 saturated carbocycles. The number of nitrogens with zero attached hydrogens (tertiary/aromatic N) is 5. The lowest BCUT2D eigenvalue weighted by Crippen LogP contribution is -2.44. The molecule has 2 atom stereocenters. The van der Waals surface area contributed by atoms with Crippen molar-refractivity contribution in [1.82, 2.24) is 20.4 Å². The van der Waals surface area contributed by atoms with Crippen LogP contribution in [-0.2, 0) is 5.41 Å². The average Bonchev–Trinajstić information content (AvgIpc) is 3.19. The minimum Gasteiger partial charge on any atom is -0.408 e. The van der Waals surface area contributed by atoms with E-state index in [4.69, 9.17) is 4.42 Å². The molecule has 176 valence electrons. The Balaban J connectivity index is 1.78. The van der Waals surface area contributed by atoms with Gasteiger partial charge in [-0.05, 0) is 48.4 Å². The molecule has 1 aliphatic carbocycles. The van der Waals surface area contributed by atoms with Crippen LogP contribution in [0, 0.1) is 24.5 Å². The van der Waals surface area contributed by atoms with Crippen LogP contribution in [0.4, 0.5) is 14.8 Å². The standard InChI is InChI=1S/C24H29F2N5O2/c1-14(2)16-8-9-24(4,13-31(10-11-32)23-30-27-15(3)33-23)22-17(16)12-20(28-29-22)21-18(25)6-5-7-19(21)26/h5-7,12,14,16,32H,8-11,13H2,1-4H3/t16-,24-/m1/s1. The van der Waals surface area contributed by atoms with Crippen LogP contribution in [-0.4, -0.2) is 45.2 Å². The van der Waals surface area contributed by atoms with Crippen LogP contribution < -0.4 is 4.90 Å². The van der Waals surface area contributed by atoms with Crippen molar-refractivity contribution in [3.8, 4) is 11.3 Å². The monoisotopic (exact) mass is 457 g/mol. The molecule has 2 heterocycles. The Hall–Kier alpha value is -2.94. The van der Waals surface area contributed by atoms with E-state index in [9.17, 15) is 13.9 Å². The molecule has 0 bridgehead atoms. The highest BCUT2D eigenvalue weighted by Crippen LogP contribution is 2.46. The van der Waals surface area contributed by atoms with Crippen molar-refractivity contribution in [2.24, 2.45) is 5.92 Å². The number of aryl methyl sites for hydroxylation is 1. The van der Waals surface area contributed by atoms with E-state index in [1.807, 2.05) is 4.90 Å². The smallest absolute Gasteiger partial charge is 0.318 e. The number of rotatable bonds is 7. The number of aliphatic hydroxyl groups excluding tert-OH is 1. The van der Waals surface area contributed by atoms with Crippen molar-refractivity contribution in [2.75, 3.05) is 24.6 Å². The van der Waals surface area contributed by atoms with E-state index >= 15 is 0 Å². The Bertz CT molecular complexity index is 1120. The Morgan fingerprint density at radius 3 is 2.52 bits per heavy atom. The van der Waals surface area contributed by atoms with Gasteiger partial charge in [-0.2, -0.15) is 10.2 Å². The molecule has 1 aromatic carbocycles. The number of hydrogen-bond donors (Lipinski definition) is 1. The van der Waals surface area contributed by atoms with Crippen LogP contribution in [0.15, 0.2) is 28.7 Å². The highest BCUT2D eigenvalue weighted by molar-refractivity contribution is 5.62. The zero-order valence-corrected chi connectivity index (χ0v) is 19.3. The first kappa shape index (κ1) is 23.2. The van der Waals surface area contributed by atoms with E-state index in [0.717, 1.165) is 24.1 Å². The summed E-state index contributed by atoms with van der Waals surface area (Å²) in [4.78, 5) is 1.85. The Kier molecular flexibility index (Phi) is 6.43.